The largest absolute Gasteiger partial charge is 0.479 e. The van der Waals surface area contributed by atoms with Crippen LogP contribution in [-0.2, 0) is 14.3 Å². The number of ether oxygens (including phenoxy) is 1. The van der Waals surface area contributed by atoms with Crippen molar-refractivity contribution in [3.8, 4) is 0 Å². The summed E-state index contributed by atoms with van der Waals surface area (Å²) < 4.78 is 5.34. The molecule has 2 aliphatic rings. The highest BCUT2D eigenvalue weighted by molar-refractivity contribution is 5.82. The molecule has 2 aliphatic heterocycles. The van der Waals surface area contributed by atoms with E-state index in [-0.39, 0.29) is 11.3 Å². The number of carboxylic acids is 1. The average Bonchev–Trinajstić information content (AvgIpc) is 2.86. The van der Waals surface area contributed by atoms with Gasteiger partial charge in [-0.25, -0.2) is 4.79 Å². The number of hydrogen-bond acceptors (Lipinski definition) is 3. The zero-order valence-corrected chi connectivity index (χ0v) is 12.6. The quantitative estimate of drug-likeness (QED) is 0.840. The first-order valence-electron chi connectivity index (χ1n) is 7.46. The molecule has 0 aliphatic carbocycles. The highest BCUT2D eigenvalue weighted by atomic mass is 16.5. The molecular formula is C15H25NO4. The standard InChI is InChI=1S/C15H25NO4/c1-15(2,3)10-6-8-16(9-7-10)13(17)11-4-5-12(20-11)14(18)19/h10-12H,4-9H2,1-3H3,(H,18,19)/t11-,12+/m0/s1. The molecule has 5 heteroatoms. The molecule has 0 saturated carbocycles. The van der Waals surface area contributed by atoms with Gasteiger partial charge in [0.2, 0.25) is 0 Å². The molecule has 5 nitrogen and oxygen atoms in total. The molecule has 114 valence electrons. The van der Waals surface area contributed by atoms with Crippen molar-refractivity contribution in [2.45, 2.75) is 58.7 Å². The minimum Gasteiger partial charge on any atom is -0.479 e. The summed E-state index contributed by atoms with van der Waals surface area (Å²) in [6, 6.07) is 0. The lowest BCUT2D eigenvalue weighted by atomic mass is 9.75. The van der Waals surface area contributed by atoms with Gasteiger partial charge in [-0.2, -0.15) is 0 Å². The van der Waals surface area contributed by atoms with Crippen molar-refractivity contribution in [1.29, 1.82) is 0 Å². The van der Waals surface area contributed by atoms with Crippen LogP contribution in [0.25, 0.3) is 0 Å². The van der Waals surface area contributed by atoms with E-state index in [9.17, 15) is 9.59 Å². The normalized spacial score (nSPS) is 28.6. The Kier molecular flexibility index (Phi) is 4.37. The molecule has 2 saturated heterocycles. The second-order valence-corrected chi connectivity index (χ2v) is 6.99. The fraction of sp³-hybridized carbons (Fsp3) is 0.867. The predicted octanol–water partition coefficient (Wildman–Crippen LogP) is 1.90. The average molecular weight is 283 g/mol. The van der Waals surface area contributed by atoms with E-state index in [4.69, 9.17) is 9.84 Å². The summed E-state index contributed by atoms with van der Waals surface area (Å²) in [6.45, 7) is 8.25. The summed E-state index contributed by atoms with van der Waals surface area (Å²) in [6.07, 6.45) is 1.63. The van der Waals surface area contributed by atoms with Crippen LogP contribution < -0.4 is 0 Å². The van der Waals surface area contributed by atoms with Gasteiger partial charge in [-0.05, 0) is 37.0 Å². The van der Waals surface area contributed by atoms with Crippen molar-refractivity contribution in [2.75, 3.05) is 13.1 Å². The Balaban J connectivity index is 1.85. The van der Waals surface area contributed by atoms with Gasteiger partial charge in [0, 0.05) is 13.1 Å². The Hall–Kier alpha value is -1.10. The molecule has 2 fully saturated rings. The van der Waals surface area contributed by atoms with E-state index < -0.39 is 18.2 Å². The number of carboxylic acid groups (broad SMARTS) is 1. The maximum atomic E-state index is 12.3. The Labute approximate surface area is 120 Å². The molecule has 20 heavy (non-hydrogen) atoms. The van der Waals surface area contributed by atoms with Gasteiger partial charge in [-0.3, -0.25) is 4.79 Å². The highest BCUT2D eigenvalue weighted by Gasteiger charge is 2.38. The van der Waals surface area contributed by atoms with Crippen LogP contribution in [0.15, 0.2) is 0 Å². The third-order valence-electron chi connectivity index (χ3n) is 4.60. The molecule has 0 aromatic rings. The van der Waals surface area contributed by atoms with E-state index in [1.807, 2.05) is 4.90 Å². The first kappa shape index (κ1) is 15.3. The van der Waals surface area contributed by atoms with Gasteiger partial charge in [0.15, 0.2) is 6.10 Å². The van der Waals surface area contributed by atoms with Gasteiger partial charge in [-0.1, -0.05) is 20.8 Å². The third kappa shape index (κ3) is 3.32. The lowest BCUT2D eigenvalue weighted by Crippen LogP contribution is -2.45. The van der Waals surface area contributed by atoms with Crippen LogP contribution in [0, 0.1) is 11.3 Å². The monoisotopic (exact) mass is 283 g/mol. The first-order valence-corrected chi connectivity index (χ1v) is 7.46. The molecule has 0 aromatic carbocycles. The number of likely N-dealkylation sites (tertiary alicyclic amines) is 1. The van der Waals surface area contributed by atoms with E-state index in [0.29, 0.717) is 18.8 Å². The Morgan fingerprint density at radius 1 is 1.05 bits per heavy atom. The van der Waals surface area contributed by atoms with Crippen molar-refractivity contribution in [2.24, 2.45) is 11.3 Å². The summed E-state index contributed by atoms with van der Waals surface area (Å²) in [4.78, 5) is 25.0. The molecule has 1 N–H and O–H groups in total. The topological polar surface area (TPSA) is 66.8 Å². The van der Waals surface area contributed by atoms with Crippen LogP contribution in [0.3, 0.4) is 0 Å². The summed E-state index contributed by atoms with van der Waals surface area (Å²) in [5.74, 6) is -0.351. The van der Waals surface area contributed by atoms with Crippen LogP contribution in [-0.4, -0.2) is 47.2 Å². The molecule has 0 bridgehead atoms. The summed E-state index contributed by atoms with van der Waals surface area (Å²) in [7, 11) is 0. The van der Waals surface area contributed by atoms with Crippen molar-refractivity contribution in [3.63, 3.8) is 0 Å². The molecule has 0 spiro atoms. The molecule has 1 amide bonds. The van der Waals surface area contributed by atoms with Gasteiger partial charge in [-0.15, -0.1) is 0 Å². The number of amides is 1. The number of aliphatic carboxylic acids is 1. The Morgan fingerprint density at radius 3 is 2.05 bits per heavy atom. The number of piperidine rings is 1. The fourth-order valence-electron chi connectivity index (χ4n) is 3.17. The smallest absolute Gasteiger partial charge is 0.332 e. The van der Waals surface area contributed by atoms with Crippen molar-refractivity contribution < 1.29 is 19.4 Å². The molecule has 0 unspecified atom stereocenters. The summed E-state index contributed by atoms with van der Waals surface area (Å²) >= 11 is 0. The lowest BCUT2D eigenvalue weighted by molar-refractivity contribution is -0.155. The van der Waals surface area contributed by atoms with Crippen LogP contribution in [0.2, 0.25) is 0 Å². The van der Waals surface area contributed by atoms with Gasteiger partial charge >= 0.3 is 5.97 Å². The SMILES string of the molecule is CC(C)(C)C1CCN(C(=O)[C@@H]2CC[C@H](C(=O)O)O2)CC1. The van der Waals surface area contributed by atoms with Crippen LogP contribution in [0.5, 0.6) is 0 Å². The van der Waals surface area contributed by atoms with E-state index >= 15 is 0 Å². The second-order valence-electron chi connectivity index (χ2n) is 6.99. The predicted molar refractivity (Wildman–Crippen MR) is 74.3 cm³/mol. The molecule has 0 radical (unpaired) electrons. The van der Waals surface area contributed by atoms with Crippen molar-refractivity contribution in [1.82, 2.24) is 4.90 Å². The van der Waals surface area contributed by atoms with Crippen LogP contribution in [0.4, 0.5) is 0 Å². The van der Waals surface area contributed by atoms with Crippen LogP contribution in [0.1, 0.15) is 46.5 Å². The molecule has 2 rings (SSSR count). The summed E-state index contributed by atoms with van der Waals surface area (Å²) in [5, 5.41) is 8.90. The number of nitrogens with zero attached hydrogens (tertiary/aromatic N) is 1. The summed E-state index contributed by atoms with van der Waals surface area (Å²) in [5.41, 5.74) is 0.285. The fourth-order valence-corrected chi connectivity index (χ4v) is 3.17. The van der Waals surface area contributed by atoms with Gasteiger partial charge in [0.05, 0.1) is 0 Å². The first-order chi connectivity index (χ1) is 9.29. The Morgan fingerprint density at radius 2 is 1.60 bits per heavy atom. The second kappa shape index (κ2) is 5.72. The van der Waals surface area contributed by atoms with E-state index in [1.165, 1.54) is 0 Å². The molecule has 0 aromatic heterocycles. The van der Waals surface area contributed by atoms with Gasteiger partial charge in [0.1, 0.15) is 6.10 Å². The molecule has 2 heterocycles. The zero-order valence-electron chi connectivity index (χ0n) is 12.6. The van der Waals surface area contributed by atoms with E-state index in [2.05, 4.69) is 20.8 Å². The van der Waals surface area contributed by atoms with Crippen molar-refractivity contribution in [3.05, 3.63) is 0 Å². The number of carbonyl (C=O) groups excluding carboxylic acids is 1. The van der Waals surface area contributed by atoms with Crippen LogP contribution >= 0.6 is 0 Å². The minimum absolute atomic E-state index is 0.0268. The highest BCUT2D eigenvalue weighted by Crippen LogP contribution is 2.34. The lowest BCUT2D eigenvalue weighted by Gasteiger charge is -2.39. The van der Waals surface area contributed by atoms with Gasteiger partial charge < -0.3 is 14.7 Å². The van der Waals surface area contributed by atoms with Gasteiger partial charge in [0.25, 0.3) is 5.91 Å². The minimum atomic E-state index is -0.966. The maximum absolute atomic E-state index is 12.3. The molecule has 2 atom stereocenters. The number of rotatable bonds is 2. The van der Waals surface area contributed by atoms with Crippen molar-refractivity contribution >= 4 is 11.9 Å². The Bertz CT molecular complexity index is 380. The van der Waals surface area contributed by atoms with E-state index in [0.717, 1.165) is 25.9 Å². The maximum Gasteiger partial charge on any atom is 0.332 e. The van der Waals surface area contributed by atoms with E-state index in [1.54, 1.807) is 0 Å². The number of carbonyl (C=O) groups is 2. The molecular weight excluding hydrogens is 258 g/mol. The number of hydrogen-bond donors (Lipinski definition) is 1. The third-order valence-corrected chi connectivity index (χ3v) is 4.60. The zero-order chi connectivity index (χ0) is 14.9.